The van der Waals surface area contributed by atoms with E-state index in [2.05, 4.69) is 39.9 Å². The molecule has 6 rings (SSSR count). The highest BCUT2D eigenvalue weighted by atomic mass is 32.2. The van der Waals surface area contributed by atoms with Gasteiger partial charge in [0.1, 0.15) is 17.2 Å². The number of benzene rings is 3. The summed E-state index contributed by atoms with van der Waals surface area (Å²) in [5.74, 6) is -0.529. The van der Waals surface area contributed by atoms with Crippen LogP contribution >= 0.6 is 0 Å². The largest absolute Gasteiger partial charge is 0.495 e. The van der Waals surface area contributed by atoms with Crippen molar-refractivity contribution in [3.63, 3.8) is 0 Å². The lowest BCUT2D eigenvalue weighted by Crippen LogP contribution is -2.46. The van der Waals surface area contributed by atoms with Gasteiger partial charge in [-0.2, -0.15) is 0 Å². The van der Waals surface area contributed by atoms with Crippen LogP contribution in [-0.2, 0) is 36.6 Å². The van der Waals surface area contributed by atoms with Gasteiger partial charge in [0.05, 0.1) is 34.8 Å². The Morgan fingerprint density at radius 1 is 1.04 bits per heavy atom. The quantitative estimate of drug-likeness (QED) is 0.128. The van der Waals surface area contributed by atoms with E-state index in [1.54, 1.807) is 18.2 Å². The Balaban J connectivity index is 1.37. The van der Waals surface area contributed by atoms with Crippen LogP contribution in [0.2, 0.25) is 18.1 Å². The number of rotatable bonds is 14. The molecule has 55 heavy (non-hydrogen) atoms. The molecular weight excluding hydrogens is 734 g/mol. The summed E-state index contributed by atoms with van der Waals surface area (Å²) in [6, 6.07) is 17.7. The molecule has 1 saturated heterocycles. The lowest BCUT2D eigenvalue weighted by Gasteiger charge is -2.40. The SMILES string of the molecule is CC1(C)OB(c2ccccc2CC(CCN(c2cc3oc(Cc4ccc(F)cc4)c(C(N)=O)c3cc2C2CC2)S(C)(=O)=O)O[Si](C)(C)C(C)(C)C)OC1(C)C. The fraction of sp³-hybridized carbons (Fsp3) is 0.500. The van der Waals surface area contributed by atoms with Crippen molar-refractivity contribution in [1.29, 1.82) is 0 Å². The second-order valence-electron chi connectivity index (χ2n) is 17.9. The van der Waals surface area contributed by atoms with E-state index in [9.17, 15) is 17.6 Å². The molecule has 1 saturated carbocycles. The van der Waals surface area contributed by atoms with E-state index in [0.29, 0.717) is 35.3 Å². The highest BCUT2D eigenvalue weighted by molar-refractivity contribution is 7.92. The topological polar surface area (TPSA) is 121 Å². The van der Waals surface area contributed by atoms with Crippen LogP contribution in [0.25, 0.3) is 11.0 Å². The summed E-state index contributed by atoms with van der Waals surface area (Å²) in [6.45, 7) is 19.3. The summed E-state index contributed by atoms with van der Waals surface area (Å²) in [6.07, 6.45) is 3.86. The second kappa shape index (κ2) is 14.8. The van der Waals surface area contributed by atoms with Gasteiger partial charge in [-0.3, -0.25) is 9.10 Å². The van der Waals surface area contributed by atoms with Crippen LogP contribution < -0.4 is 15.5 Å². The maximum atomic E-state index is 13.8. The summed E-state index contributed by atoms with van der Waals surface area (Å²) in [7, 11) is -6.68. The van der Waals surface area contributed by atoms with Crippen molar-refractivity contribution in [3.05, 3.63) is 94.5 Å². The van der Waals surface area contributed by atoms with Gasteiger partial charge < -0.3 is 23.9 Å². The number of amides is 1. The lowest BCUT2D eigenvalue weighted by molar-refractivity contribution is 0.00578. The average molecular weight is 791 g/mol. The van der Waals surface area contributed by atoms with Gasteiger partial charge in [0, 0.05) is 24.4 Å². The number of hydrogen-bond acceptors (Lipinski definition) is 7. The highest BCUT2D eigenvalue weighted by Gasteiger charge is 2.52. The summed E-state index contributed by atoms with van der Waals surface area (Å²) in [5, 5.41) is 0.461. The maximum absolute atomic E-state index is 13.8. The molecule has 1 amide bonds. The normalized spacial score (nSPS) is 17.8. The Hall–Kier alpha value is -3.49. The van der Waals surface area contributed by atoms with Gasteiger partial charge >= 0.3 is 7.12 Å². The first-order chi connectivity index (χ1) is 25.5. The van der Waals surface area contributed by atoms with Crippen LogP contribution in [0.5, 0.6) is 0 Å². The highest BCUT2D eigenvalue weighted by Crippen LogP contribution is 2.48. The van der Waals surface area contributed by atoms with Crippen molar-refractivity contribution in [3.8, 4) is 0 Å². The summed E-state index contributed by atoms with van der Waals surface area (Å²) < 4.78 is 69.1. The molecule has 9 nitrogen and oxygen atoms in total. The van der Waals surface area contributed by atoms with Crippen molar-refractivity contribution < 1.29 is 35.8 Å². The van der Waals surface area contributed by atoms with Crippen LogP contribution in [0.4, 0.5) is 10.1 Å². The molecule has 1 aliphatic carbocycles. The van der Waals surface area contributed by atoms with Gasteiger partial charge in [-0.05, 0) is 118 Å². The zero-order valence-corrected chi connectivity index (χ0v) is 35.7. The number of furan rings is 1. The minimum absolute atomic E-state index is 0.0831. The lowest BCUT2D eigenvalue weighted by atomic mass is 9.75. The van der Waals surface area contributed by atoms with Crippen LogP contribution in [0.3, 0.4) is 0 Å². The molecule has 296 valence electrons. The molecule has 1 aromatic heterocycles. The molecular formula is C42H56BFN2O7SSi. The molecule has 0 bridgehead atoms. The number of sulfonamides is 1. The Bertz CT molecular complexity index is 2160. The Morgan fingerprint density at radius 3 is 2.22 bits per heavy atom. The molecule has 3 aromatic carbocycles. The van der Waals surface area contributed by atoms with Gasteiger partial charge in [-0.15, -0.1) is 0 Å². The van der Waals surface area contributed by atoms with Crippen molar-refractivity contribution in [1.82, 2.24) is 0 Å². The van der Waals surface area contributed by atoms with Gasteiger partial charge in [0.15, 0.2) is 8.32 Å². The molecule has 2 aliphatic rings. The zero-order valence-electron chi connectivity index (χ0n) is 33.9. The minimum atomic E-state index is -3.79. The summed E-state index contributed by atoms with van der Waals surface area (Å²) in [5.41, 5.74) is 9.60. The van der Waals surface area contributed by atoms with Crippen molar-refractivity contribution in [2.45, 2.75) is 122 Å². The molecule has 0 spiro atoms. The van der Waals surface area contributed by atoms with Crippen LogP contribution in [-0.4, -0.2) is 59.9 Å². The molecule has 4 aromatic rings. The first kappa shape index (κ1) is 41.2. The number of nitrogens with zero attached hydrogens (tertiary/aromatic N) is 1. The van der Waals surface area contributed by atoms with Gasteiger partial charge in [-0.25, -0.2) is 12.8 Å². The Labute approximate surface area is 327 Å². The summed E-state index contributed by atoms with van der Waals surface area (Å²) in [4.78, 5) is 12.9. The minimum Gasteiger partial charge on any atom is -0.460 e. The maximum Gasteiger partial charge on any atom is 0.495 e. The molecule has 2 N–H and O–H groups in total. The smallest absolute Gasteiger partial charge is 0.460 e. The molecule has 1 aliphatic heterocycles. The van der Waals surface area contributed by atoms with E-state index in [1.807, 2.05) is 52.0 Å². The second-order valence-corrected chi connectivity index (χ2v) is 24.5. The van der Waals surface area contributed by atoms with Crippen molar-refractivity contribution in [2.75, 3.05) is 17.1 Å². The molecule has 1 unspecified atom stereocenters. The summed E-state index contributed by atoms with van der Waals surface area (Å²) >= 11 is 0. The average Bonchev–Trinajstić information content (AvgIpc) is 3.80. The van der Waals surface area contributed by atoms with E-state index < -0.39 is 42.6 Å². The molecule has 13 heteroatoms. The molecule has 2 fully saturated rings. The van der Waals surface area contributed by atoms with Gasteiger partial charge in [-0.1, -0.05) is 57.2 Å². The third kappa shape index (κ3) is 8.76. The number of nitrogens with two attached hydrogens (primary N) is 1. The van der Waals surface area contributed by atoms with E-state index in [1.165, 1.54) is 22.7 Å². The zero-order chi connectivity index (χ0) is 40.3. The predicted molar refractivity (Wildman–Crippen MR) is 221 cm³/mol. The fourth-order valence-electron chi connectivity index (χ4n) is 7.01. The standard InChI is InChI=1S/C42H56BFN2O7SSi/c1-40(2,3)55(9,10)51-31(24-29-13-11-12-14-34(29)43-52-41(4,5)42(6,7)53-43)21-22-46(54(8,48)49)35-26-36-33(25-32(35)28-17-18-28)38(39(45)47)37(50-36)23-27-15-19-30(44)20-16-27/h11-16,19-20,25-26,28,31H,17-18,21-24H2,1-10H3,(H2,45,47). The number of fused-ring (bicyclic) bond motifs is 1. The number of hydrogen-bond donors (Lipinski definition) is 1. The molecule has 2 heterocycles. The molecule has 0 radical (unpaired) electrons. The first-order valence-electron chi connectivity index (χ1n) is 19.2. The van der Waals surface area contributed by atoms with Crippen molar-refractivity contribution >= 4 is 53.5 Å². The number of carbonyl (C=O) groups is 1. The number of anilines is 1. The van der Waals surface area contributed by atoms with Gasteiger partial charge in [0.25, 0.3) is 5.91 Å². The Morgan fingerprint density at radius 2 is 1.65 bits per heavy atom. The Kier molecular flexibility index (Phi) is 11.1. The van der Waals surface area contributed by atoms with Crippen LogP contribution in [0, 0.1) is 5.82 Å². The van der Waals surface area contributed by atoms with E-state index in [0.717, 1.165) is 35.0 Å². The van der Waals surface area contributed by atoms with E-state index in [4.69, 9.17) is 23.9 Å². The third-order valence-electron chi connectivity index (χ3n) is 12.1. The number of halogens is 1. The van der Waals surface area contributed by atoms with Crippen LogP contribution in [0.15, 0.2) is 65.1 Å². The van der Waals surface area contributed by atoms with Crippen molar-refractivity contribution in [2.24, 2.45) is 5.73 Å². The monoisotopic (exact) mass is 790 g/mol. The van der Waals surface area contributed by atoms with E-state index in [-0.39, 0.29) is 41.4 Å². The number of carbonyl (C=O) groups excluding carboxylic acids is 1. The molecule has 1 atom stereocenters. The predicted octanol–water partition coefficient (Wildman–Crippen LogP) is 8.23. The van der Waals surface area contributed by atoms with E-state index >= 15 is 0 Å². The third-order valence-corrected chi connectivity index (χ3v) is 17.8. The van der Waals surface area contributed by atoms with Gasteiger partial charge in [0.2, 0.25) is 10.0 Å². The first-order valence-corrected chi connectivity index (χ1v) is 24.0. The number of primary amides is 1. The van der Waals surface area contributed by atoms with Crippen LogP contribution in [0.1, 0.15) is 106 Å². The fourth-order valence-corrected chi connectivity index (χ4v) is 9.35.